The van der Waals surface area contributed by atoms with E-state index in [0.717, 1.165) is 0 Å². The molecule has 70 valence electrons. The fourth-order valence-electron chi connectivity index (χ4n) is 0.918. The molecule has 3 N–H and O–H groups in total. The van der Waals surface area contributed by atoms with Gasteiger partial charge in [-0.05, 0) is 12.8 Å². The normalized spacial score (nSPS) is 15.2. The maximum absolute atomic E-state index is 11.2. The van der Waals surface area contributed by atoms with Crippen LogP contribution in [0.1, 0.15) is 33.1 Å². The van der Waals surface area contributed by atoms with Gasteiger partial charge in [0.25, 0.3) is 0 Å². The van der Waals surface area contributed by atoms with Crippen LogP contribution in [-0.4, -0.2) is 22.4 Å². The Morgan fingerprint density at radius 1 is 1.42 bits per heavy atom. The average molecular weight is 173 g/mol. The first-order chi connectivity index (χ1) is 5.49. The molecule has 0 spiro atoms. The fraction of sp³-hybridized carbons (Fsp3) is 0.750. The highest BCUT2D eigenvalue weighted by molar-refractivity contribution is 6.07. The molecule has 0 bridgehead atoms. The fourth-order valence-corrected chi connectivity index (χ4v) is 0.918. The number of Topliss-reactive ketones (excluding diaryl/α,β-unsaturated/α-hetero) is 1. The molecule has 0 aromatic carbocycles. The highest BCUT2D eigenvalue weighted by atomic mass is 16.4. The van der Waals surface area contributed by atoms with Gasteiger partial charge in [0.05, 0.1) is 0 Å². The molecule has 1 unspecified atom stereocenters. The van der Waals surface area contributed by atoms with Crippen molar-refractivity contribution < 1.29 is 14.7 Å². The van der Waals surface area contributed by atoms with E-state index in [-0.39, 0.29) is 18.6 Å². The van der Waals surface area contributed by atoms with Gasteiger partial charge >= 0.3 is 5.97 Å². The number of carboxylic acids is 1. The number of carbonyl (C=O) groups is 2. The second-order valence-electron chi connectivity index (χ2n) is 2.80. The quantitative estimate of drug-likeness (QED) is 0.595. The van der Waals surface area contributed by atoms with Gasteiger partial charge in [-0.3, -0.25) is 4.79 Å². The number of hydrogen-bond donors (Lipinski definition) is 2. The Morgan fingerprint density at radius 2 is 1.92 bits per heavy atom. The van der Waals surface area contributed by atoms with Crippen molar-refractivity contribution in [2.24, 2.45) is 5.73 Å². The van der Waals surface area contributed by atoms with Crippen LogP contribution in [0.5, 0.6) is 0 Å². The summed E-state index contributed by atoms with van der Waals surface area (Å²) in [7, 11) is 0. The molecule has 0 aliphatic carbocycles. The molecule has 4 heteroatoms. The van der Waals surface area contributed by atoms with Crippen molar-refractivity contribution in [1.82, 2.24) is 0 Å². The molecule has 0 aliphatic heterocycles. The molecule has 0 aliphatic rings. The van der Waals surface area contributed by atoms with Crippen molar-refractivity contribution in [3.05, 3.63) is 0 Å². The predicted octanol–water partition coefficient (Wildman–Crippen LogP) is 0.548. The first-order valence-electron chi connectivity index (χ1n) is 4.04. The van der Waals surface area contributed by atoms with Crippen LogP contribution in [0.15, 0.2) is 0 Å². The second-order valence-corrected chi connectivity index (χ2v) is 2.80. The third-order valence-corrected chi connectivity index (χ3v) is 1.91. The lowest BCUT2D eigenvalue weighted by Crippen LogP contribution is -2.54. The van der Waals surface area contributed by atoms with Crippen LogP contribution in [-0.2, 0) is 9.59 Å². The van der Waals surface area contributed by atoms with Crippen molar-refractivity contribution in [1.29, 1.82) is 0 Å². The van der Waals surface area contributed by atoms with Gasteiger partial charge in [-0.1, -0.05) is 13.8 Å². The Hall–Kier alpha value is -0.900. The van der Waals surface area contributed by atoms with E-state index in [0.29, 0.717) is 6.42 Å². The van der Waals surface area contributed by atoms with Crippen LogP contribution < -0.4 is 5.73 Å². The maximum Gasteiger partial charge on any atom is 0.331 e. The molecule has 0 saturated carbocycles. The number of hydrogen-bond acceptors (Lipinski definition) is 3. The number of rotatable bonds is 5. The minimum absolute atomic E-state index is 0.140. The molecule has 0 amide bonds. The number of aliphatic carboxylic acids is 1. The summed E-state index contributed by atoms with van der Waals surface area (Å²) >= 11 is 0. The average Bonchev–Trinajstić information content (AvgIpc) is 2.03. The van der Waals surface area contributed by atoms with Crippen molar-refractivity contribution in [3.8, 4) is 0 Å². The predicted molar refractivity (Wildman–Crippen MR) is 44.8 cm³/mol. The number of nitrogens with two attached hydrogens (primary N) is 1. The van der Waals surface area contributed by atoms with E-state index in [9.17, 15) is 9.59 Å². The van der Waals surface area contributed by atoms with Gasteiger partial charge in [-0.2, -0.15) is 0 Å². The Bertz CT molecular complexity index is 191. The van der Waals surface area contributed by atoms with Gasteiger partial charge in [-0.15, -0.1) is 0 Å². The van der Waals surface area contributed by atoms with Crippen molar-refractivity contribution in [2.75, 3.05) is 0 Å². The molecular weight excluding hydrogens is 158 g/mol. The number of carboxylic acid groups (broad SMARTS) is 1. The molecule has 0 heterocycles. The van der Waals surface area contributed by atoms with Crippen LogP contribution >= 0.6 is 0 Å². The van der Waals surface area contributed by atoms with Gasteiger partial charge in [-0.25, -0.2) is 4.79 Å². The zero-order valence-corrected chi connectivity index (χ0v) is 7.46. The summed E-state index contributed by atoms with van der Waals surface area (Å²) in [6.07, 6.45) is 1.00. The number of ketones is 1. The molecule has 12 heavy (non-hydrogen) atoms. The topological polar surface area (TPSA) is 80.4 Å². The van der Waals surface area contributed by atoms with Crippen LogP contribution in [0.4, 0.5) is 0 Å². The van der Waals surface area contributed by atoms with E-state index >= 15 is 0 Å². The Labute approximate surface area is 71.8 Å². The first-order valence-corrected chi connectivity index (χ1v) is 4.04. The first kappa shape index (κ1) is 11.1. The van der Waals surface area contributed by atoms with Crippen molar-refractivity contribution >= 4 is 11.8 Å². The molecule has 0 aromatic heterocycles. The van der Waals surface area contributed by atoms with Crippen molar-refractivity contribution in [2.45, 2.75) is 38.6 Å². The Balaban J connectivity index is 4.52. The zero-order valence-electron chi connectivity index (χ0n) is 7.46. The lowest BCUT2D eigenvalue weighted by molar-refractivity contribution is -0.148. The van der Waals surface area contributed by atoms with Gasteiger partial charge < -0.3 is 10.8 Å². The summed E-state index contributed by atoms with van der Waals surface area (Å²) < 4.78 is 0. The van der Waals surface area contributed by atoms with E-state index in [2.05, 4.69) is 0 Å². The van der Waals surface area contributed by atoms with Gasteiger partial charge in [0, 0.05) is 6.42 Å². The molecule has 0 rings (SSSR count). The highest BCUT2D eigenvalue weighted by Gasteiger charge is 2.38. The van der Waals surface area contributed by atoms with Crippen molar-refractivity contribution in [3.63, 3.8) is 0 Å². The van der Waals surface area contributed by atoms with E-state index in [1.54, 1.807) is 6.92 Å². The van der Waals surface area contributed by atoms with E-state index in [1.165, 1.54) is 0 Å². The van der Waals surface area contributed by atoms with Crippen LogP contribution in [0.3, 0.4) is 0 Å². The van der Waals surface area contributed by atoms with Gasteiger partial charge in [0.1, 0.15) is 0 Å². The molecule has 1 atom stereocenters. The van der Waals surface area contributed by atoms with E-state index < -0.39 is 11.5 Å². The third kappa shape index (κ3) is 2.04. The lowest BCUT2D eigenvalue weighted by atomic mass is 9.90. The monoisotopic (exact) mass is 173 g/mol. The minimum atomic E-state index is -1.67. The third-order valence-electron chi connectivity index (χ3n) is 1.91. The van der Waals surface area contributed by atoms with Crippen LogP contribution in [0, 0.1) is 0 Å². The summed E-state index contributed by atoms with van der Waals surface area (Å²) in [5.41, 5.74) is 3.75. The van der Waals surface area contributed by atoms with E-state index in [1.807, 2.05) is 6.92 Å². The van der Waals surface area contributed by atoms with Crippen LogP contribution in [0.2, 0.25) is 0 Å². The van der Waals surface area contributed by atoms with Gasteiger partial charge in [0.15, 0.2) is 11.3 Å². The molecular formula is C8H15NO3. The van der Waals surface area contributed by atoms with Gasteiger partial charge in [0.2, 0.25) is 0 Å². The minimum Gasteiger partial charge on any atom is -0.480 e. The van der Waals surface area contributed by atoms with Crippen LogP contribution in [0.25, 0.3) is 0 Å². The summed E-state index contributed by atoms with van der Waals surface area (Å²) in [5.74, 6) is -1.62. The number of carbonyl (C=O) groups excluding carboxylic acids is 1. The molecule has 0 saturated heterocycles. The Kier molecular flexibility index (Phi) is 3.89. The molecule has 0 radical (unpaired) electrons. The smallest absolute Gasteiger partial charge is 0.331 e. The standard InChI is InChI=1S/C8H15NO3/c1-3-5-6(10)8(9,4-2)7(11)12/h3-5,9H2,1-2H3,(H,11,12). The summed E-state index contributed by atoms with van der Waals surface area (Å²) in [6, 6.07) is 0. The second kappa shape index (κ2) is 4.21. The molecule has 0 aromatic rings. The maximum atomic E-state index is 11.2. The summed E-state index contributed by atoms with van der Waals surface area (Å²) in [5, 5.41) is 8.68. The summed E-state index contributed by atoms with van der Waals surface area (Å²) in [6.45, 7) is 3.41. The largest absolute Gasteiger partial charge is 0.480 e. The SMILES string of the molecule is CCCC(=O)C(N)(CC)C(=O)O. The lowest BCUT2D eigenvalue weighted by Gasteiger charge is -2.20. The molecule has 4 nitrogen and oxygen atoms in total. The molecule has 0 fully saturated rings. The summed E-state index contributed by atoms with van der Waals surface area (Å²) in [4.78, 5) is 21.9. The zero-order chi connectivity index (χ0) is 9.78. The Morgan fingerprint density at radius 3 is 2.17 bits per heavy atom. The highest BCUT2D eigenvalue weighted by Crippen LogP contribution is 2.11. The van der Waals surface area contributed by atoms with E-state index in [4.69, 9.17) is 10.8 Å².